The fourth-order valence-electron chi connectivity index (χ4n) is 4.51. The molecule has 1 aliphatic carbocycles. The zero-order valence-corrected chi connectivity index (χ0v) is 18.8. The topological polar surface area (TPSA) is 149 Å². The number of carboxylic acid groups (broad SMARTS) is 1. The predicted octanol–water partition coefficient (Wildman–Crippen LogP) is 1.37. The quantitative estimate of drug-likeness (QED) is 0.204. The van der Waals surface area contributed by atoms with Crippen molar-refractivity contribution >= 4 is 23.6 Å². The zero-order chi connectivity index (χ0) is 23.8. The smallest absolute Gasteiger partial charge is 0.317 e. The third-order valence-electron chi connectivity index (χ3n) is 6.33. The van der Waals surface area contributed by atoms with E-state index in [0.717, 1.165) is 31.2 Å². The molecule has 1 saturated carbocycles. The van der Waals surface area contributed by atoms with E-state index < -0.39 is 18.1 Å². The fraction of sp³-hybridized carbons (Fsp3) is 0.500. The van der Waals surface area contributed by atoms with Gasteiger partial charge in [0.2, 0.25) is 11.8 Å². The van der Waals surface area contributed by atoms with Gasteiger partial charge in [0, 0.05) is 18.7 Å². The highest BCUT2D eigenvalue weighted by atomic mass is 16.4. The summed E-state index contributed by atoms with van der Waals surface area (Å²) in [5.74, 6) is -1.17. The Kier molecular flexibility index (Phi) is 8.59. The number of nitrogens with one attached hydrogen (secondary N) is 3. The van der Waals surface area contributed by atoms with E-state index in [9.17, 15) is 14.4 Å². The van der Waals surface area contributed by atoms with Crippen LogP contribution in [0.25, 0.3) is 0 Å². The van der Waals surface area contributed by atoms with Gasteiger partial charge in [-0.25, -0.2) is 0 Å². The van der Waals surface area contributed by atoms with Gasteiger partial charge >= 0.3 is 5.97 Å². The van der Waals surface area contributed by atoms with Crippen molar-refractivity contribution in [3.05, 3.63) is 47.5 Å². The lowest BCUT2D eigenvalue weighted by Gasteiger charge is -2.31. The first-order valence-corrected chi connectivity index (χ1v) is 11.5. The van der Waals surface area contributed by atoms with E-state index in [1.54, 1.807) is 36.4 Å². The fourth-order valence-corrected chi connectivity index (χ4v) is 4.51. The second-order valence-electron chi connectivity index (χ2n) is 8.76. The number of carbonyl (C=O) groups is 3. The summed E-state index contributed by atoms with van der Waals surface area (Å²) in [6.45, 7) is 0.309. The number of benzene rings is 1. The molecule has 1 aromatic rings. The first-order chi connectivity index (χ1) is 15.8. The van der Waals surface area contributed by atoms with Crippen molar-refractivity contribution in [2.45, 2.75) is 57.2 Å². The molecule has 0 saturated heterocycles. The summed E-state index contributed by atoms with van der Waals surface area (Å²) in [7, 11) is 0. The van der Waals surface area contributed by atoms with Gasteiger partial charge in [-0.05, 0) is 17.9 Å². The molecular formula is C24H33N5O4. The van der Waals surface area contributed by atoms with Crippen LogP contribution < -0.4 is 16.4 Å². The van der Waals surface area contributed by atoms with E-state index >= 15 is 0 Å². The number of nitrogens with zero attached hydrogens (tertiary/aromatic N) is 1. The molecule has 0 spiro atoms. The molecule has 1 fully saturated rings. The molecule has 3 rings (SSSR count). The van der Waals surface area contributed by atoms with Gasteiger partial charge in [-0.1, -0.05) is 68.5 Å². The van der Waals surface area contributed by atoms with Gasteiger partial charge in [0.25, 0.3) is 0 Å². The second kappa shape index (κ2) is 11.6. The van der Waals surface area contributed by atoms with E-state index in [-0.39, 0.29) is 30.7 Å². The summed E-state index contributed by atoms with van der Waals surface area (Å²) in [5.41, 5.74) is 6.93. The van der Waals surface area contributed by atoms with E-state index in [2.05, 4.69) is 10.6 Å². The Morgan fingerprint density at radius 1 is 1.15 bits per heavy atom. The number of amides is 2. The Bertz CT molecular complexity index is 893. The van der Waals surface area contributed by atoms with Crippen LogP contribution >= 0.6 is 0 Å². The van der Waals surface area contributed by atoms with Crippen LogP contribution in [0.3, 0.4) is 0 Å². The number of nitrogen functional groups attached to an aromatic ring is 1. The van der Waals surface area contributed by atoms with Gasteiger partial charge in [-0.3, -0.25) is 25.1 Å². The van der Waals surface area contributed by atoms with Crippen molar-refractivity contribution in [2.75, 3.05) is 13.1 Å². The first-order valence-electron chi connectivity index (χ1n) is 11.5. The van der Waals surface area contributed by atoms with Crippen molar-refractivity contribution in [3.63, 3.8) is 0 Å². The Hall–Kier alpha value is -3.20. The number of amidine groups is 1. The largest absolute Gasteiger partial charge is 0.480 e. The molecule has 9 heteroatoms. The summed E-state index contributed by atoms with van der Waals surface area (Å²) in [6.07, 6.45) is 9.64. The van der Waals surface area contributed by atoms with Crippen LogP contribution in [0.15, 0.2) is 36.4 Å². The van der Waals surface area contributed by atoms with Crippen LogP contribution in [-0.2, 0) is 20.9 Å². The number of hydrogen-bond donors (Lipinski definition) is 5. The van der Waals surface area contributed by atoms with E-state index in [4.69, 9.17) is 16.2 Å². The van der Waals surface area contributed by atoms with Crippen molar-refractivity contribution < 1.29 is 19.5 Å². The molecular weight excluding hydrogens is 422 g/mol. The normalized spacial score (nSPS) is 19.3. The summed E-state index contributed by atoms with van der Waals surface area (Å²) < 4.78 is 0. The first kappa shape index (κ1) is 24.4. The lowest BCUT2D eigenvalue weighted by atomic mass is 9.84. The summed E-state index contributed by atoms with van der Waals surface area (Å²) in [5, 5.41) is 22.3. The minimum atomic E-state index is -1.01. The third-order valence-corrected chi connectivity index (χ3v) is 6.33. The van der Waals surface area contributed by atoms with Gasteiger partial charge in [-0.2, -0.15) is 0 Å². The highest BCUT2D eigenvalue weighted by molar-refractivity contribution is 5.95. The molecule has 33 heavy (non-hydrogen) atoms. The molecule has 1 unspecified atom stereocenters. The maximum Gasteiger partial charge on any atom is 0.317 e. The number of carbonyl (C=O) groups excluding carboxylic acids is 2. The molecule has 1 aliphatic heterocycles. The maximum absolute atomic E-state index is 13.3. The monoisotopic (exact) mass is 455 g/mol. The number of hydrogen-bond acceptors (Lipinski definition) is 5. The highest BCUT2D eigenvalue weighted by Gasteiger charge is 2.35. The third kappa shape index (κ3) is 6.89. The molecule has 6 N–H and O–H groups in total. The molecule has 0 aromatic heterocycles. The lowest BCUT2D eigenvalue weighted by molar-refractivity contribution is -0.140. The van der Waals surface area contributed by atoms with Crippen molar-refractivity contribution in [2.24, 2.45) is 11.7 Å². The molecule has 0 bridgehead atoms. The molecule has 0 radical (unpaired) electrons. The lowest BCUT2D eigenvalue weighted by Crippen LogP contribution is -2.53. The molecule has 9 nitrogen and oxygen atoms in total. The molecule has 178 valence electrons. The molecule has 2 aliphatic rings. The standard InChI is InChI=1S/C24H33N5O4/c25-22(26)18-10-8-17(9-11-18)14-28-23(32)20-7-4-12-29(20)24(33)19(27-15-21(30)31)13-16-5-2-1-3-6-16/h4,7-11,16,19-20,27H,1-3,5-6,12-15H2,(H3,25,26)(H,28,32)(H,30,31)/t19?,20-/m0/s1. The van der Waals surface area contributed by atoms with Crippen molar-refractivity contribution in [3.8, 4) is 0 Å². The number of carboxylic acids is 1. The van der Waals surface area contributed by atoms with Crippen LogP contribution in [-0.4, -0.2) is 58.8 Å². The molecule has 2 amide bonds. The van der Waals surface area contributed by atoms with E-state index in [1.165, 1.54) is 11.3 Å². The molecule has 2 atom stereocenters. The van der Waals surface area contributed by atoms with Gasteiger partial charge in [0.1, 0.15) is 11.9 Å². The summed E-state index contributed by atoms with van der Waals surface area (Å²) in [6, 6.07) is 5.67. The highest BCUT2D eigenvalue weighted by Crippen LogP contribution is 2.28. The van der Waals surface area contributed by atoms with Gasteiger partial charge in [-0.15, -0.1) is 0 Å². The van der Waals surface area contributed by atoms with Gasteiger partial charge in [0.05, 0.1) is 12.6 Å². The van der Waals surface area contributed by atoms with E-state index in [0.29, 0.717) is 24.4 Å². The number of rotatable bonds is 10. The van der Waals surface area contributed by atoms with Crippen molar-refractivity contribution in [1.82, 2.24) is 15.5 Å². The number of aliphatic carboxylic acids is 1. The van der Waals surface area contributed by atoms with Crippen LogP contribution in [0, 0.1) is 11.3 Å². The van der Waals surface area contributed by atoms with E-state index in [1.807, 2.05) is 0 Å². The molecule has 1 heterocycles. The average Bonchev–Trinajstić information content (AvgIpc) is 3.30. The summed E-state index contributed by atoms with van der Waals surface area (Å²) in [4.78, 5) is 38.8. The Morgan fingerprint density at radius 2 is 1.85 bits per heavy atom. The van der Waals surface area contributed by atoms with Crippen LogP contribution in [0.2, 0.25) is 0 Å². The SMILES string of the molecule is N=C(N)c1ccc(CNC(=O)[C@@H]2C=CCN2C(=O)C(CC2CCCCC2)NCC(=O)O)cc1. The zero-order valence-electron chi connectivity index (χ0n) is 18.8. The van der Waals surface area contributed by atoms with Crippen LogP contribution in [0.4, 0.5) is 0 Å². The Labute approximate surface area is 193 Å². The van der Waals surface area contributed by atoms with Gasteiger partial charge in [0.15, 0.2) is 0 Å². The van der Waals surface area contributed by atoms with Gasteiger partial charge < -0.3 is 21.1 Å². The number of nitrogens with two attached hydrogens (primary N) is 1. The minimum Gasteiger partial charge on any atom is -0.480 e. The Balaban J connectivity index is 1.61. The predicted molar refractivity (Wildman–Crippen MR) is 125 cm³/mol. The average molecular weight is 456 g/mol. The van der Waals surface area contributed by atoms with Crippen LogP contribution in [0.5, 0.6) is 0 Å². The minimum absolute atomic E-state index is 0.0184. The second-order valence-corrected chi connectivity index (χ2v) is 8.76. The van der Waals surface area contributed by atoms with Crippen molar-refractivity contribution in [1.29, 1.82) is 5.41 Å². The maximum atomic E-state index is 13.3. The summed E-state index contributed by atoms with van der Waals surface area (Å²) >= 11 is 0. The Morgan fingerprint density at radius 3 is 2.48 bits per heavy atom. The van der Waals surface area contributed by atoms with Crippen LogP contribution in [0.1, 0.15) is 49.7 Å². The molecule has 1 aromatic carbocycles.